The third kappa shape index (κ3) is 3.07. The second kappa shape index (κ2) is 6.86. The Morgan fingerprint density at radius 2 is 1.96 bits per heavy atom. The van der Waals surface area contributed by atoms with Crippen LogP contribution in [0.5, 0.6) is 0 Å². The van der Waals surface area contributed by atoms with Gasteiger partial charge >= 0.3 is 0 Å². The molecule has 4 heteroatoms. The van der Waals surface area contributed by atoms with Gasteiger partial charge in [0.15, 0.2) is 0 Å². The van der Waals surface area contributed by atoms with Gasteiger partial charge in [0, 0.05) is 17.9 Å². The van der Waals surface area contributed by atoms with Crippen LogP contribution in [0.2, 0.25) is 0 Å². The van der Waals surface area contributed by atoms with Gasteiger partial charge in [0.25, 0.3) is 0 Å². The Bertz CT molecular complexity index is 630. The van der Waals surface area contributed by atoms with Crippen molar-refractivity contribution in [2.24, 2.45) is 51.3 Å². The molecule has 0 amide bonds. The topological polar surface area (TPSA) is 64.7 Å². The number of rotatable bonds is 3. The molecule has 2 N–H and O–H groups in total. The molecule has 0 aliphatic heterocycles. The molecule has 0 heterocycles. The number of nitrogens with two attached hydrogens (primary N) is 1. The molecule has 4 saturated carbocycles. The highest BCUT2D eigenvalue weighted by Crippen LogP contribution is 2.66. The van der Waals surface area contributed by atoms with Crippen molar-refractivity contribution in [1.82, 2.24) is 0 Å². The van der Waals surface area contributed by atoms with Gasteiger partial charge in [-0.15, -0.1) is 0 Å². The summed E-state index contributed by atoms with van der Waals surface area (Å²) >= 11 is 0. The van der Waals surface area contributed by atoms with Crippen molar-refractivity contribution in [3.05, 3.63) is 0 Å². The molecular formula is C23H38N2O2. The minimum Gasteiger partial charge on any atom is -0.394 e. The largest absolute Gasteiger partial charge is 0.394 e. The van der Waals surface area contributed by atoms with Crippen LogP contribution in [0.4, 0.5) is 0 Å². The van der Waals surface area contributed by atoms with Crippen LogP contribution in [0.15, 0.2) is 5.16 Å². The van der Waals surface area contributed by atoms with Crippen LogP contribution in [-0.2, 0) is 9.63 Å². The SMILES string of the molecule is C[C@@H](N)CON=C1CC[C@@]2(C)C(C1)[C@@H](C)C[C@@H]1[C@@H]2CC[C@]2(C)C(=O)CC[C@@H]12. The molecule has 152 valence electrons. The van der Waals surface area contributed by atoms with Gasteiger partial charge < -0.3 is 10.6 Å². The Morgan fingerprint density at radius 3 is 2.70 bits per heavy atom. The van der Waals surface area contributed by atoms with Gasteiger partial charge in [-0.25, -0.2) is 0 Å². The maximum Gasteiger partial charge on any atom is 0.139 e. The van der Waals surface area contributed by atoms with Crippen LogP contribution in [-0.4, -0.2) is 24.1 Å². The number of carbonyl (C=O) groups excluding carboxylic acids is 1. The number of hydrogen-bond donors (Lipinski definition) is 1. The number of hydrogen-bond acceptors (Lipinski definition) is 4. The van der Waals surface area contributed by atoms with E-state index >= 15 is 0 Å². The average Bonchev–Trinajstić information content (AvgIpc) is 2.91. The van der Waals surface area contributed by atoms with E-state index in [1.807, 2.05) is 6.92 Å². The summed E-state index contributed by atoms with van der Waals surface area (Å²) in [5.74, 6) is 4.12. The molecule has 0 radical (unpaired) electrons. The molecule has 4 nitrogen and oxygen atoms in total. The molecule has 27 heavy (non-hydrogen) atoms. The first-order valence-corrected chi connectivity index (χ1v) is 11.2. The Hall–Kier alpha value is -0.900. The normalized spacial score (nSPS) is 49.3. The highest BCUT2D eigenvalue weighted by Gasteiger charge is 2.61. The zero-order valence-electron chi connectivity index (χ0n) is 17.7. The lowest BCUT2D eigenvalue weighted by Gasteiger charge is -2.61. The fourth-order valence-corrected chi connectivity index (χ4v) is 7.63. The minimum absolute atomic E-state index is 0.0157. The van der Waals surface area contributed by atoms with Crippen LogP contribution >= 0.6 is 0 Å². The fraction of sp³-hybridized carbons (Fsp3) is 0.913. The number of carbonyl (C=O) groups is 1. The molecule has 0 bridgehead atoms. The smallest absolute Gasteiger partial charge is 0.139 e. The van der Waals surface area contributed by atoms with E-state index in [1.54, 1.807) is 0 Å². The summed E-state index contributed by atoms with van der Waals surface area (Å²) in [6.45, 7) is 9.74. The zero-order valence-corrected chi connectivity index (χ0v) is 17.7. The van der Waals surface area contributed by atoms with Gasteiger partial charge in [0.05, 0.1) is 5.71 Å². The Kier molecular flexibility index (Phi) is 4.93. The third-order valence-electron chi connectivity index (χ3n) is 9.11. The maximum absolute atomic E-state index is 12.6. The van der Waals surface area contributed by atoms with E-state index in [2.05, 4.69) is 25.9 Å². The number of nitrogens with zero attached hydrogens (tertiary/aromatic N) is 1. The van der Waals surface area contributed by atoms with Crippen LogP contribution in [0.1, 0.15) is 79.1 Å². The molecule has 0 aromatic heterocycles. The summed E-state index contributed by atoms with van der Waals surface area (Å²) in [4.78, 5) is 18.1. The van der Waals surface area contributed by atoms with E-state index in [-0.39, 0.29) is 11.5 Å². The number of Topliss-reactive ketones (excluding diaryl/α,β-unsaturated/α-hetero) is 1. The predicted molar refractivity (Wildman–Crippen MR) is 108 cm³/mol. The lowest BCUT2D eigenvalue weighted by molar-refractivity contribution is -0.141. The number of ketones is 1. The van der Waals surface area contributed by atoms with Gasteiger partial charge in [-0.2, -0.15) is 0 Å². The minimum atomic E-state index is -0.0157. The monoisotopic (exact) mass is 374 g/mol. The highest BCUT2D eigenvalue weighted by atomic mass is 16.6. The summed E-state index contributed by atoms with van der Waals surface area (Å²) in [5, 5.41) is 4.45. The Morgan fingerprint density at radius 1 is 1.19 bits per heavy atom. The molecule has 0 aromatic carbocycles. The van der Waals surface area contributed by atoms with E-state index in [0.717, 1.165) is 43.9 Å². The standard InChI is InChI=1S/C23H38N2O2/c1-14-11-17-18-5-6-21(26)23(18,4)10-8-19(17)22(3)9-7-16(12-20(14)22)25-27-13-15(2)24/h14-15,17-20H,5-13,24H2,1-4H3/t14-,15+,17-,18-,19-,20?,22+,23-/m0/s1. The van der Waals surface area contributed by atoms with E-state index in [4.69, 9.17) is 10.6 Å². The summed E-state index contributed by atoms with van der Waals surface area (Å²) < 4.78 is 0. The lowest BCUT2D eigenvalue weighted by Crippen LogP contribution is -2.56. The van der Waals surface area contributed by atoms with Gasteiger partial charge in [-0.05, 0) is 86.9 Å². The Balaban J connectivity index is 1.53. The van der Waals surface area contributed by atoms with Crippen molar-refractivity contribution < 1.29 is 9.63 Å². The van der Waals surface area contributed by atoms with E-state index in [9.17, 15) is 4.79 Å². The molecule has 4 aliphatic carbocycles. The molecule has 0 spiro atoms. The Labute approximate surface area is 164 Å². The summed E-state index contributed by atoms with van der Waals surface area (Å²) in [6.07, 6.45) is 8.99. The first-order chi connectivity index (χ1) is 12.8. The van der Waals surface area contributed by atoms with E-state index in [0.29, 0.717) is 35.6 Å². The quantitative estimate of drug-likeness (QED) is 0.736. The summed E-state index contributed by atoms with van der Waals surface area (Å²) in [6, 6.07) is 0.0308. The molecule has 4 aliphatic rings. The van der Waals surface area contributed by atoms with Gasteiger partial charge in [0.2, 0.25) is 0 Å². The summed E-state index contributed by atoms with van der Waals surface area (Å²) in [7, 11) is 0. The second-order valence-electron chi connectivity index (χ2n) is 10.8. The lowest BCUT2D eigenvalue weighted by atomic mass is 9.43. The van der Waals surface area contributed by atoms with Crippen molar-refractivity contribution in [3.8, 4) is 0 Å². The first-order valence-electron chi connectivity index (χ1n) is 11.2. The number of fused-ring (bicyclic) bond motifs is 5. The second-order valence-corrected chi connectivity index (χ2v) is 10.8. The predicted octanol–water partition coefficient (Wildman–Crippen LogP) is 4.56. The van der Waals surface area contributed by atoms with Gasteiger partial charge in [0.1, 0.15) is 12.4 Å². The average molecular weight is 375 g/mol. The molecule has 4 fully saturated rings. The maximum atomic E-state index is 12.6. The van der Waals surface area contributed by atoms with Crippen molar-refractivity contribution >= 4 is 11.5 Å². The molecule has 0 saturated heterocycles. The van der Waals surface area contributed by atoms with Gasteiger partial charge in [-0.1, -0.05) is 25.9 Å². The van der Waals surface area contributed by atoms with Crippen LogP contribution in [0, 0.1) is 40.4 Å². The molecule has 1 unspecified atom stereocenters. The van der Waals surface area contributed by atoms with Crippen molar-refractivity contribution in [2.45, 2.75) is 85.1 Å². The van der Waals surface area contributed by atoms with E-state index < -0.39 is 0 Å². The fourth-order valence-electron chi connectivity index (χ4n) is 7.63. The van der Waals surface area contributed by atoms with Crippen LogP contribution in [0.25, 0.3) is 0 Å². The van der Waals surface area contributed by atoms with E-state index in [1.165, 1.54) is 25.0 Å². The molecule has 4 rings (SSSR count). The molecular weight excluding hydrogens is 336 g/mol. The van der Waals surface area contributed by atoms with Crippen LogP contribution < -0.4 is 5.73 Å². The third-order valence-corrected chi connectivity index (χ3v) is 9.11. The molecule has 8 atom stereocenters. The zero-order chi connectivity index (χ0) is 19.4. The molecule has 0 aromatic rings. The van der Waals surface area contributed by atoms with Crippen molar-refractivity contribution in [3.63, 3.8) is 0 Å². The van der Waals surface area contributed by atoms with Crippen LogP contribution in [0.3, 0.4) is 0 Å². The van der Waals surface area contributed by atoms with Gasteiger partial charge in [-0.3, -0.25) is 4.79 Å². The van der Waals surface area contributed by atoms with Crippen molar-refractivity contribution in [2.75, 3.05) is 6.61 Å². The summed E-state index contributed by atoms with van der Waals surface area (Å²) in [5.41, 5.74) is 7.39. The first kappa shape index (κ1) is 19.4. The highest BCUT2D eigenvalue weighted by molar-refractivity contribution is 5.87. The van der Waals surface area contributed by atoms with Crippen molar-refractivity contribution in [1.29, 1.82) is 0 Å². The number of oxime groups is 1.